The van der Waals surface area contributed by atoms with Crippen molar-refractivity contribution in [2.24, 2.45) is 11.8 Å². The number of nitrogens with one attached hydrogen (secondary N) is 1. The third-order valence-electron chi connectivity index (χ3n) is 4.26. The standard InChI is InChI=1S/C17H26N2O2/c1-13(2)16(15-6-4-3-5-7-15)18-17(21)19-10-8-14(12-20)9-11-19/h3-7,13-14,16,20H,8-12H2,1-2H3,(H,18,21). The van der Waals surface area contributed by atoms with E-state index >= 15 is 0 Å². The van der Waals surface area contributed by atoms with E-state index in [1.807, 2.05) is 23.1 Å². The zero-order chi connectivity index (χ0) is 15.2. The van der Waals surface area contributed by atoms with Gasteiger partial charge in [-0.25, -0.2) is 4.79 Å². The van der Waals surface area contributed by atoms with Crippen molar-refractivity contribution in [2.45, 2.75) is 32.7 Å². The number of amides is 2. The summed E-state index contributed by atoms with van der Waals surface area (Å²) in [5.74, 6) is 0.690. The van der Waals surface area contributed by atoms with Crippen LogP contribution in [0.25, 0.3) is 0 Å². The third-order valence-corrected chi connectivity index (χ3v) is 4.26. The summed E-state index contributed by atoms with van der Waals surface area (Å²) in [5, 5.41) is 12.3. The summed E-state index contributed by atoms with van der Waals surface area (Å²) in [5.41, 5.74) is 1.14. The van der Waals surface area contributed by atoms with Gasteiger partial charge in [0.2, 0.25) is 0 Å². The average molecular weight is 290 g/mol. The molecule has 2 N–H and O–H groups in total. The van der Waals surface area contributed by atoms with Crippen LogP contribution in [0.1, 0.15) is 38.3 Å². The normalized spacial score (nSPS) is 17.8. The van der Waals surface area contributed by atoms with Crippen molar-refractivity contribution in [1.82, 2.24) is 10.2 Å². The number of carbonyl (C=O) groups excluding carboxylic acids is 1. The first-order valence-corrected chi connectivity index (χ1v) is 7.83. The second kappa shape index (κ2) is 7.46. The number of piperidine rings is 1. The minimum absolute atomic E-state index is 0.00828. The van der Waals surface area contributed by atoms with Crippen molar-refractivity contribution in [2.75, 3.05) is 19.7 Å². The molecule has 1 saturated heterocycles. The van der Waals surface area contributed by atoms with Gasteiger partial charge in [0.25, 0.3) is 0 Å². The monoisotopic (exact) mass is 290 g/mol. The molecule has 1 fully saturated rings. The van der Waals surface area contributed by atoms with Crippen LogP contribution >= 0.6 is 0 Å². The van der Waals surface area contributed by atoms with E-state index in [4.69, 9.17) is 5.11 Å². The molecule has 116 valence electrons. The highest BCUT2D eigenvalue weighted by Crippen LogP contribution is 2.23. The van der Waals surface area contributed by atoms with Crippen molar-refractivity contribution in [3.63, 3.8) is 0 Å². The Morgan fingerprint density at radius 3 is 2.43 bits per heavy atom. The number of rotatable bonds is 4. The molecule has 1 aromatic carbocycles. The van der Waals surface area contributed by atoms with Crippen LogP contribution in [0.5, 0.6) is 0 Å². The summed E-state index contributed by atoms with van der Waals surface area (Å²) in [6.45, 7) is 5.94. The molecule has 2 amide bonds. The Morgan fingerprint density at radius 2 is 1.90 bits per heavy atom. The van der Waals surface area contributed by atoms with Crippen LogP contribution in [-0.2, 0) is 0 Å². The minimum atomic E-state index is 0.00828. The Labute approximate surface area is 127 Å². The molecular weight excluding hydrogens is 264 g/mol. The predicted molar refractivity (Wildman–Crippen MR) is 83.9 cm³/mol. The highest BCUT2D eigenvalue weighted by molar-refractivity contribution is 5.74. The molecule has 0 spiro atoms. The molecule has 21 heavy (non-hydrogen) atoms. The molecule has 0 bridgehead atoms. The molecule has 1 aliphatic rings. The van der Waals surface area contributed by atoms with E-state index in [-0.39, 0.29) is 18.7 Å². The number of carbonyl (C=O) groups is 1. The minimum Gasteiger partial charge on any atom is -0.396 e. The van der Waals surface area contributed by atoms with Gasteiger partial charge in [0.1, 0.15) is 0 Å². The molecule has 4 nitrogen and oxygen atoms in total. The summed E-state index contributed by atoms with van der Waals surface area (Å²) in [6, 6.07) is 10.2. The predicted octanol–water partition coefficient (Wildman–Crippen LogP) is 2.80. The number of benzene rings is 1. The van der Waals surface area contributed by atoms with Gasteiger partial charge < -0.3 is 15.3 Å². The van der Waals surface area contributed by atoms with Gasteiger partial charge in [-0.3, -0.25) is 0 Å². The summed E-state index contributed by atoms with van der Waals surface area (Å²) in [4.78, 5) is 14.3. The molecule has 1 unspecified atom stereocenters. The number of urea groups is 1. The van der Waals surface area contributed by atoms with Crippen LogP contribution in [-0.4, -0.2) is 35.7 Å². The second-order valence-electron chi connectivity index (χ2n) is 6.19. The number of hydrogen-bond donors (Lipinski definition) is 2. The zero-order valence-corrected chi connectivity index (χ0v) is 13.0. The maximum absolute atomic E-state index is 12.4. The second-order valence-corrected chi connectivity index (χ2v) is 6.19. The van der Waals surface area contributed by atoms with Gasteiger partial charge in [0.15, 0.2) is 0 Å². The van der Waals surface area contributed by atoms with Gasteiger partial charge in [-0.05, 0) is 30.2 Å². The van der Waals surface area contributed by atoms with Gasteiger partial charge in [-0.2, -0.15) is 0 Å². The number of aliphatic hydroxyl groups is 1. The molecule has 1 atom stereocenters. The lowest BCUT2D eigenvalue weighted by atomic mass is 9.96. The van der Waals surface area contributed by atoms with Crippen LogP contribution in [0, 0.1) is 11.8 Å². The third kappa shape index (κ3) is 4.21. The van der Waals surface area contributed by atoms with Crippen LogP contribution in [0.4, 0.5) is 4.79 Å². The first-order valence-electron chi connectivity index (χ1n) is 7.83. The molecule has 1 aliphatic heterocycles. The van der Waals surface area contributed by atoms with E-state index < -0.39 is 0 Å². The molecule has 0 radical (unpaired) electrons. The largest absolute Gasteiger partial charge is 0.396 e. The van der Waals surface area contributed by atoms with Gasteiger partial charge in [0, 0.05) is 19.7 Å². The zero-order valence-electron chi connectivity index (χ0n) is 13.0. The molecule has 1 aromatic rings. The Morgan fingerprint density at radius 1 is 1.29 bits per heavy atom. The van der Waals surface area contributed by atoms with Crippen LogP contribution < -0.4 is 5.32 Å². The van der Waals surface area contributed by atoms with E-state index in [1.165, 1.54) is 0 Å². The van der Waals surface area contributed by atoms with Gasteiger partial charge in [-0.1, -0.05) is 44.2 Å². The summed E-state index contributed by atoms with van der Waals surface area (Å²) in [7, 11) is 0. The smallest absolute Gasteiger partial charge is 0.317 e. The van der Waals surface area contributed by atoms with Crippen LogP contribution in [0.2, 0.25) is 0 Å². The molecule has 4 heteroatoms. The summed E-state index contributed by atoms with van der Waals surface area (Å²) < 4.78 is 0. The lowest BCUT2D eigenvalue weighted by molar-refractivity contribution is 0.134. The topological polar surface area (TPSA) is 52.6 Å². The fourth-order valence-corrected chi connectivity index (χ4v) is 2.84. The lowest BCUT2D eigenvalue weighted by Gasteiger charge is -2.33. The number of aliphatic hydroxyl groups excluding tert-OH is 1. The highest BCUT2D eigenvalue weighted by atomic mass is 16.3. The van der Waals surface area contributed by atoms with Gasteiger partial charge in [0.05, 0.1) is 6.04 Å². The molecule has 0 aliphatic carbocycles. The Kier molecular flexibility index (Phi) is 5.62. The maximum Gasteiger partial charge on any atom is 0.317 e. The Bertz CT molecular complexity index is 439. The first kappa shape index (κ1) is 15.8. The quantitative estimate of drug-likeness (QED) is 0.896. The Balaban J connectivity index is 1.96. The molecular formula is C17H26N2O2. The molecule has 1 heterocycles. The number of nitrogens with zero attached hydrogens (tertiary/aromatic N) is 1. The highest BCUT2D eigenvalue weighted by Gasteiger charge is 2.25. The van der Waals surface area contributed by atoms with E-state index in [2.05, 4.69) is 31.3 Å². The van der Waals surface area contributed by atoms with Gasteiger partial charge >= 0.3 is 6.03 Å². The summed E-state index contributed by atoms with van der Waals surface area (Å²) in [6.07, 6.45) is 1.78. The SMILES string of the molecule is CC(C)C(NC(=O)N1CCC(CO)CC1)c1ccccc1. The first-order chi connectivity index (χ1) is 10.1. The van der Waals surface area contributed by atoms with E-state index in [1.54, 1.807) is 0 Å². The van der Waals surface area contributed by atoms with E-state index in [0.717, 1.165) is 31.5 Å². The van der Waals surface area contributed by atoms with Crippen LogP contribution in [0.15, 0.2) is 30.3 Å². The number of likely N-dealkylation sites (tertiary alicyclic amines) is 1. The van der Waals surface area contributed by atoms with E-state index in [9.17, 15) is 4.79 Å². The lowest BCUT2D eigenvalue weighted by Crippen LogP contribution is -2.46. The number of hydrogen-bond acceptors (Lipinski definition) is 2. The van der Waals surface area contributed by atoms with Crippen molar-refractivity contribution >= 4 is 6.03 Å². The maximum atomic E-state index is 12.4. The molecule has 0 saturated carbocycles. The Hall–Kier alpha value is -1.55. The van der Waals surface area contributed by atoms with Crippen molar-refractivity contribution < 1.29 is 9.90 Å². The van der Waals surface area contributed by atoms with Crippen LogP contribution in [0.3, 0.4) is 0 Å². The summed E-state index contributed by atoms with van der Waals surface area (Å²) >= 11 is 0. The average Bonchev–Trinajstić information content (AvgIpc) is 2.53. The molecule has 0 aromatic heterocycles. The van der Waals surface area contributed by atoms with E-state index in [0.29, 0.717) is 11.8 Å². The fourth-order valence-electron chi connectivity index (χ4n) is 2.84. The van der Waals surface area contributed by atoms with Gasteiger partial charge in [-0.15, -0.1) is 0 Å². The van der Waals surface area contributed by atoms with Crippen molar-refractivity contribution in [3.8, 4) is 0 Å². The fraction of sp³-hybridized carbons (Fsp3) is 0.588. The van der Waals surface area contributed by atoms with Crippen molar-refractivity contribution in [1.29, 1.82) is 0 Å². The van der Waals surface area contributed by atoms with Crippen molar-refractivity contribution in [3.05, 3.63) is 35.9 Å². The molecule has 2 rings (SSSR count).